The van der Waals surface area contributed by atoms with Crippen molar-refractivity contribution in [3.8, 4) is 5.75 Å². The Morgan fingerprint density at radius 3 is 2.67 bits per heavy atom. The second kappa shape index (κ2) is 8.56. The summed E-state index contributed by atoms with van der Waals surface area (Å²) in [5.41, 5.74) is 2.21. The number of carbonyl (C=O) groups excluding carboxylic acids is 2. The van der Waals surface area contributed by atoms with Crippen molar-refractivity contribution in [3.05, 3.63) is 58.5 Å². The molecule has 2 aromatic carbocycles. The van der Waals surface area contributed by atoms with E-state index in [-0.39, 0.29) is 11.8 Å². The molecule has 0 aliphatic carbocycles. The van der Waals surface area contributed by atoms with Gasteiger partial charge >= 0.3 is 0 Å². The summed E-state index contributed by atoms with van der Waals surface area (Å²) >= 11 is 1.41. The van der Waals surface area contributed by atoms with Gasteiger partial charge in [0.1, 0.15) is 5.75 Å². The van der Waals surface area contributed by atoms with Gasteiger partial charge in [0, 0.05) is 23.5 Å². The summed E-state index contributed by atoms with van der Waals surface area (Å²) < 4.78 is 5.25. The Bertz CT molecular complexity index is 1010. The summed E-state index contributed by atoms with van der Waals surface area (Å²) in [5.74, 6) is 1.63. The molecule has 2 unspecified atom stereocenters. The summed E-state index contributed by atoms with van der Waals surface area (Å²) in [6.45, 7) is 5.95. The Kier molecular flexibility index (Phi) is 5.86. The van der Waals surface area contributed by atoms with E-state index in [4.69, 9.17) is 4.74 Å². The van der Waals surface area contributed by atoms with E-state index >= 15 is 0 Å². The zero-order chi connectivity index (χ0) is 21.3. The van der Waals surface area contributed by atoms with E-state index in [1.165, 1.54) is 11.8 Å². The van der Waals surface area contributed by atoms with Crippen molar-refractivity contribution in [2.24, 2.45) is 11.8 Å². The molecule has 2 atom stereocenters. The van der Waals surface area contributed by atoms with Crippen LogP contribution in [0.25, 0.3) is 6.08 Å². The number of likely N-dealkylation sites (tertiary alicyclic amines) is 1. The average Bonchev–Trinajstić information content (AvgIpc) is 2.73. The number of carbonyl (C=O) groups is 2. The fourth-order valence-corrected chi connectivity index (χ4v) is 5.12. The minimum atomic E-state index is -0.167. The lowest BCUT2D eigenvalue weighted by Crippen LogP contribution is -2.42. The number of nitrogens with one attached hydrogen (secondary N) is 1. The van der Waals surface area contributed by atoms with Crippen LogP contribution in [0.2, 0.25) is 0 Å². The number of benzene rings is 2. The van der Waals surface area contributed by atoms with E-state index in [9.17, 15) is 9.59 Å². The topological polar surface area (TPSA) is 58.6 Å². The number of piperidine rings is 1. The van der Waals surface area contributed by atoms with Gasteiger partial charge in [-0.25, -0.2) is 0 Å². The molecule has 0 spiro atoms. The van der Waals surface area contributed by atoms with E-state index in [1.54, 1.807) is 13.2 Å². The molecule has 0 radical (unpaired) electrons. The highest BCUT2D eigenvalue weighted by molar-refractivity contribution is 8.04. The summed E-state index contributed by atoms with van der Waals surface area (Å²) in [7, 11) is 1.62. The third-order valence-electron chi connectivity index (χ3n) is 5.47. The lowest BCUT2D eigenvalue weighted by molar-refractivity contribution is -0.112. The van der Waals surface area contributed by atoms with E-state index in [2.05, 4.69) is 19.2 Å². The van der Waals surface area contributed by atoms with Crippen LogP contribution in [0.3, 0.4) is 0 Å². The summed E-state index contributed by atoms with van der Waals surface area (Å²) in [4.78, 5) is 29.1. The average molecular weight is 423 g/mol. The first-order valence-electron chi connectivity index (χ1n) is 10.2. The van der Waals surface area contributed by atoms with Gasteiger partial charge in [-0.15, -0.1) is 0 Å². The van der Waals surface area contributed by atoms with Crippen LogP contribution in [0.4, 0.5) is 5.69 Å². The van der Waals surface area contributed by atoms with Crippen LogP contribution >= 0.6 is 11.8 Å². The molecule has 6 heteroatoms. The molecule has 30 heavy (non-hydrogen) atoms. The van der Waals surface area contributed by atoms with Crippen molar-refractivity contribution in [3.63, 3.8) is 0 Å². The zero-order valence-electron chi connectivity index (χ0n) is 17.5. The summed E-state index contributed by atoms with van der Waals surface area (Å²) in [5, 5.41) is 2.94. The lowest BCUT2D eigenvalue weighted by Gasteiger charge is -2.35. The molecule has 156 valence electrons. The molecule has 2 aliphatic rings. The van der Waals surface area contributed by atoms with E-state index in [0.29, 0.717) is 28.0 Å². The predicted octanol–water partition coefficient (Wildman–Crippen LogP) is 4.90. The maximum absolute atomic E-state index is 13.0. The normalized spacial score (nSPS) is 22.4. The number of methoxy groups -OCH3 is 1. The van der Waals surface area contributed by atoms with Gasteiger partial charge in [0.05, 0.1) is 17.7 Å². The lowest BCUT2D eigenvalue weighted by atomic mass is 9.91. The molecule has 2 heterocycles. The molecule has 4 rings (SSSR count). The van der Waals surface area contributed by atoms with Crippen LogP contribution in [0.15, 0.2) is 52.3 Å². The maximum atomic E-state index is 13.0. The Morgan fingerprint density at radius 2 is 1.93 bits per heavy atom. The van der Waals surface area contributed by atoms with Crippen LogP contribution in [0.1, 0.15) is 36.2 Å². The molecule has 1 fully saturated rings. The number of anilines is 1. The highest BCUT2D eigenvalue weighted by atomic mass is 32.2. The van der Waals surface area contributed by atoms with Crippen molar-refractivity contribution in [1.82, 2.24) is 4.90 Å². The Hall–Kier alpha value is -2.73. The Labute approximate surface area is 181 Å². The molecule has 0 bridgehead atoms. The molecular formula is C24H26N2O3S. The molecule has 2 amide bonds. The first-order valence-corrected chi connectivity index (χ1v) is 11.0. The van der Waals surface area contributed by atoms with Gasteiger partial charge < -0.3 is 15.0 Å². The molecule has 1 N–H and O–H groups in total. The molecule has 2 aliphatic heterocycles. The molecule has 0 aromatic heterocycles. The number of ether oxygens (including phenoxy) is 1. The van der Waals surface area contributed by atoms with Gasteiger partial charge in [0.2, 0.25) is 0 Å². The van der Waals surface area contributed by atoms with Crippen LogP contribution in [-0.4, -0.2) is 36.9 Å². The van der Waals surface area contributed by atoms with Crippen LogP contribution in [-0.2, 0) is 4.79 Å². The van der Waals surface area contributed by atoms with Crippen LogP contribution in [0, 0.1) is 11.8 Å². The summed E-state index contributed by atoms with van der Waals surface area (Å²) in [6, 6.07) is 13.2. The SMILES string of the molecule is COc1cccc(/C=C2/Sc3ccc(C(=O)N4CC(C)CC(C)C4)cc3NC2=O)c1. The van der Waals surface area contributed by atoms with Crippen molar-refractivity contribution in [2.75, 3.05) is 25.5 Å². The van der Waals surface area contributed by atoms with E-state index in [1.807, 2.05) is 47.4 Å². The summed E-state index contributed by atoms with van der Waals surface area (Å²) in [6.07, 6.45) is 3.00. The minimum absolute atomic E-state index is 0.0353. The molecular weight excluding hydrogens is 396 g/mol. The number of amides is 2. The molecule has 5 nitrogen and oxygen atoms in total. The number of nitrogens with zero attached hydrogens (tertiary/aromatic N) is 1. The zero-order valence-corrected chi connectivity index (χ0v) is 18.3. The van der Waals surface area contributed by atoms with Gasteiger partial charge in [-0.2, -0.15) is 0 Å². The van der Waals surface area contributed by atoms with Gasteiger partial charge in [-0.05, 0) is 60.2 Å². The molecule has 2 aromatic rings. The highest BCUT2D eigenvalue weighted by Crippen LogP contribution is 2.39. The van der Waals surface area contributed by atoms with Crippen molar-refractivity contribution < 1.29 is 14.3 Å². The third kappa shape index (κ3) is 4.38. The number of rotatable bonds is 3. The van der Waals surface area contributed by atoms with Gasteiger partial charge in [0.15, 0.2) is 0 Å². The van der Waals surface area contributed by atoms with Gasteiger partial charge in [-0.1, -0.05) is 37.7 Å². The van der Waals surface area contributed by atoms with Gasteiger partial charge in [-0.3, -0.25) is 9.59 Å². The first-order chi connectivity index (χ1) is 14.4. The maximum Gasteiger partial charge on any atom is 0.262 e. The standard InChI is InChI=1S/C24H26N2O3S/c1-15-9-16(2)14-26(13-15)24(28)18-7-8-21-20(12-18)25-23(27)22(30-21)11-17-5-4-6-19(10-17)29-3/h4-8,10-12,15-16H,9,13-14H2,1-3H3,(H,25,27)/b22-11+. The third-order valence-corrected chi connectivity index (χ3v) is 6.57. The molecule has 1 saturated heterocycles. The number of thioether (sulfide) groups is 1. The van der Waals surface area contributed by atoms with Crippen molar-refractivity contribution >= 4 is 35.3 Å². The fourth-order valence-electron chi connectivity index (χ4n) is 4.19. The Balaban J connectivity index is 1.55. The number of fused-ring (bicyclic) bond motifs is 1. The largest absolute Gasteiger partial charge is 0.497 e. The van der Waals surface area contributed by atoms with Crippen molar-refractivity contribution in [2.45, 2.75) is 25.2 Å². The van der Waals surface area contributed by atoms with E-state index < -0.39 is 0 Å². The highest BCUT2D eigenvalue weighted by Gasteiger charge is 2.28. The molecule has 0 saturated carbocycles. The quantitative estimate of drug-likeness (QED) is 0.715. The smallest absolute Gasteiger partial charge is 0.262 e. The second-order valence-electron chi connectivity index (χ2n) is 8.21. The fraction of sp³-hybridized carbons (Fsp3) is 0.333. The van der Waals surface area contributed by atoms with Crippen molar-refractivity contribution in [1.29, 1.82) is 0 Å². The number of hydrogen-bond donors (Lipinski definition) is 1. The predicted molar refractivity (Wildman–Crippen MR) is 121 cm³/mol. The monoisotopic (exact) mass is 422 g/mol. The van der Waals surface area contributed by atoms with E-state index in [0.717, 1.165) is 35.7 Å². The second-order valence-corrected chi connectivity index (χ2v) is 9.29. The van der Waals surface area contributed by atoms with Crippen LogP contribution in [0.5, 0.6) is 5.75 Å². The number of hydrogen-bond acceptors (Lipinski definition) is 4. The van der Waals surface area contributed by atoms with Crippen LogP contribution < -0.4 is 10.1 Å². The first kappa shape index (κ1) is 20.5. The minimum Gasteiger partial charge on any atom is -0.497 e. The Morgan fingerprint density at radius 1 is 1.17 bits per heavy atom. The van der Waals surface area contributed by atoms with Gasteiger partial charge in [0.25, 0.3) is 11.8 Å².